The lowest BCUT2D eigenvalue weighted by molar-refractivity contribution is -0.384. The van der Waals surface area contributed by atoms with E-state index in [1.165, 1.54) is 13.1 Å². The number of nitro groups is 1. The van der Waals surface area contributed by atoms with E-state index in [1.807, 2.05) is 0 Å². The summed E-state index contributed by atoms with van der Waals surface area (Å²) in [6.07, 6.45) is 3.63. The van der Waals surface area contributed by atoms with E-state index in [4.69, 9.17) is 5.73 Å². The van der Waals surface area contributed by atoms with Crippen molar-refractivity contribution in [3.63, 3.8) is 0 Å². The molecule has 1 amide bonds. The molecule has 4 N–H and O–H groups in total. The fourth-order valence-electron chi connectivity index (χ4n) is 2.57. The van der Waals surface area contributed by atoms with E-state index in [-0.39, 0.29) is 29.2 Å². The van der Waals surface area contributed by atoms with Crippen molar-refractivity contribution >= 4 is 17.3 Å². The van der Waals surface area contributed by atoms with E-state index < -0.39 is 4.92 Å². The van der Waals surface area contributed by atoms with Gasteiger partial charge in [-0.15, -0.1) is 0 Å². The van der Waals surface area contributed by atoms with Crippen LogP contribution in [0.25, 0.3) is 0 Å². The molecule has 0 unspecified atom stereocenters. The van der Waals surface area contributed by atoms with Gasteiger partial charge in [0, 0.05) is 30.8 Å². The number of hydrogen-bond acceptors (Lipinski definition) is 5. The maximum atomic E-state index is 11.6. The van der Waals surface area contributed by atoms with Crippen molar-refractivity contribution in [2.75, 3.05) is 12.4 Å². The van der Waals surface area contributed by atoms with Crippen molar-refractivity contribution in [3.05, 3.63) is 33.9 Å². The third-order valence-electron chi connectivity index (χ3n) is 3.82. The van der Waals surface area contributed by atoms with Crippen LogP contribution in [0.5, 0.6) is 0 Å². The highest BCUT2D eigenvalue weighted by atomic mass is 16.6. The number of nitrogens with zero attached hydrogens (tertiary/aromatic N) is 1. The molecule has 1 aliphatic rings. The summed E-state index contributed by atoms with van der Waals surface area (Å²) < 4.78 is 0. The largest absolute Gasteiger partial charge is 0.377 e. The number of carbonyl (C=O) groups excluding carboxylic acids is 1. The molecular formula is C14H20N4O3. The minimum Gasteiger partial charge on any atom is -0.377 e. The number of nitro benzene ring substituents is 1. The van der Waals surface area contributed by atoms with Crippen LogP contribution in [-0.2, 0) is 0 Å². The highest BCUT2D eigenvalue weighted by molar-refractivity contribution is 5.95. The Labute approximate surface area is 123 Å². The van der Waals surface area contributed by atoms with Gasteiger partial charge in [-0.25, -0.2) is 0 Å². The summed E-state index contributed by atoms with van der Waals surface area (Å²) in [5.41, 5.74) is 6.51. The summed E-state index contributed by atoms with van der Waals surface area (Å²) in [5.74, 6) is -0.340. The number of rotatable bonds is 4. The zero-order valence-electron chi connectivity index (χ0n) is 12.0. The summed E-state index contributed by atoms with van der Waals surface area (Å²) >= 11 is 0. The molecule has 1 aliphatic carbocycles. The summed E-state index contributed by atoms with van der Waals surface area (Å²) in [7, 11) is 1.49. The van der Waals surface area contributed by atoms with Gasteiger partial charge in [0.25, 0.3) is 11.6 Å². The summed E-state index contributed by atoms with van der Waals surface area (Å²) in [6, 6.07) is 4.90. The van der Waals surface area contributed by atoms with Crippen molar-refractivity contribution in [1.29, 1.82) is 0 Å². The first-order chi connectivity index (χ1) is 10.0. The van der Waals surface area contributed by atoms with Gasteiger partial charge in [0.05, 0.1) is 4.92 Å². The standard InChI is InChI=1S/C14H20N4O3/c1-16-14(19)9-2-7-12(13(8-9)18(20)21)17-11-5-3-10(15)4-6-11/h2,7-8,10-11,17H,3-6,15H2,1H3,(H,16,19). The second-order valence-corrected chi connectivity index (χ2v) is 5.32. The first-order valence-electron chi connectivity index (χ1n) is 7.04. The molecule has 1 saturated carbocycles. The van der Waals surface area contributed by atoms with Gasteiger partial charge in [0.2, 0.25) is 0 Å². The molecule has 0 spiro atoms. The Balaban J connectivity index is 2.18. The molecule has 1 aromatic rings. The average Bonchev–Trinajstić information content (AvgIpc) is 2.49. The summed E-state index contributed by atoms with van der Waals surface area (Å²) in [5, 5.41) is 16.9. The monoisotopic (exact) mass is 292 g/mol. The molecule has 0 aromatic heterocycles. The molecular weight excluding hydrogens is 272 g/mol. The maximum absolute atomic E-state index is 11.6. The van der Waals surface area contributed by atoms with Gasteiger partial charge < -0.3 is 16.4 Å². The van der Waals surface area contributed by atoms with Crippen molar-refractivity contribution < 1.29 is 9.72 Å². The minimum atomic E-state index is -0.469. The lowest BCUT2D eigenvalue weighted by atomic mass is 9.91. The first-order valence-corrected chi connectivity index (χ1v) is 7.04. The third kappa shape index (κ3) is 3.69. The fourth-order valence-corrected chi connectivity index (χ4v) is 2.57. The van der Waals surface area contributed by atoms with E-state index in [9.17, 15) is 14.9 Å². The molecule has 7 heteroatoms. The number of nitrogens with two attached hydrogens (primary N) is 1. The maximum Gasteiger partial charge on any atom is 0.293 e. The second kappa shape index (κ2) is 6.53. The zero-order valence-corrected chi connectivity index (χ0v) is 12.0. The van der Waals surface area contributed by atoms with E-state index in [1.54, 1.807) is 12.1 Å². The smallest absolute Gasteiger partial charge is 0.293 e. The van der Waals surface area contributed by atoms with Crippen molar-refractivity contribution in [1.82, 2.24) is 5.32 Å². The molecule has 7 nitrogen and oxygen atoms in total. The lowest BCUT2D eigenvalue weighted by Gasteiger charge is -2.27. The van der Waals surface area contributed by atoms with Crippen LogP contribution in [0.3, 0.4) is 0 Å². The SMILES string of the molecule is CNC(=O)c1ccc(NC2CCC(N)CC2)c([N+](=O)[O-])c1. The van der Waals surface area contributed by atoms with Gasteiger partial charge in [-0.1, -0.05) is 0 Å². The highest BCUT2D eigenvalue weighted by Crippen LogP contribution is 2.29. The van der Waals surface area contributed by atoms with Gasteiger partial charge in [-0.05, 0) is 37.8 Å². The Morgan fingerprint density at radius 2 is 2.00 bits per heavy atom. The van der Waals surface area contributed by atoms with Crippen LogP contribution in [0.15, 0.2) is 18.2 Å². The number of hydrogen-bond donors (Lipinski definition) is 3. The molecule has 21 heavy (non-hydrogen) atoms. The number of nitrogens with one attached hydrogen (secondary N) is 2. The van der Waals surface area contributed by atoms with Crippen LogP contribution < -0.4 is 16.4 Å². The van der Waals surface area contributed by atoms with Crippen LogP contribution in [0.4, 0.5) is 11.4 Å². The third-order valence-corrected chi connectivity index (χ3v) is 3.82. The Hall–Kier alpha value is -2.15. The van der Waals surface area contributed by atoms with E-state index >= 15 is 0 Å². The van der Waals surface area contributed by atoms with Crippen LogP contribution >= 0.6 is 0 Å². The Morgan fingerprint density at radius 1 is 1.33 bits per heavy atom. The second-order valence-electron chi connectivity index (χ2n) is 5.32. The lowest BCUT2D eigenvalue weighted by Crippen LogP contribution is -2.33. The summed E-state index contributed by atoms with van der Waals surface area (Å²) in [4.78, 5) is 22.3. The molecule has 0 radical (unpaired) electrons. The molecule has 0 saturated heterocycles. The van der Waals surface area contributed by atoms with Crippen molar-refractivity contribution in [3.8, 4) is 0 Å². The Bertz CT molecular complexity index is 539. The van der Waals surface area contributed by atoms with Crippen LogP contribution in [-0.4, -0.2) is 30.0 Å². The molecule has 0 atom stereocenters. The topological polar surface area (TPSA) is 110 Å². The molecule has 0 bridgehead atoms. The minimum absolute atomic E-state index is 0.0778. The molecule has 0 aliphatic heterocycles. The van der Waals surface area contributed by atoms with E-state index in [0.29, 0.717) is 5.69 Å². The van der Waals surface area contributed by atoms with Crippen molar-refractivity contribution in [2.24, 2.45) is 5.73 Å². The predicted octanol–water partition coefficient (Wildman–Crippen LogP) is 1.64. The van der Waals surface area contributed by atoms with E-state index in [0.717, 1.165) is 25.7 Å². The quantitative estimate of drug-likeness (QED) is 0.577. The predicted molar refractivity (Wildman–Crippen MR) is 80.3 cm³/mol. The van der Waals surface area contributed by atoms with Gasteiger partial charge in [0.1, 0.15) is 5.69 Å². The van der Waals surface area contributed by atoms with Crippen LogP contribution in [0.2, 0.25) is 0 Å². The molecule has 114 valence electrons. The van der Waals surface area contributed by atoms with Gasteiger partial charge in [-0.2, -0.15) is 0 Å². The molecule has 1 aromatic carbocycles. The highest BCUT2D eigenvalue weighted by Gasteiger charge is 2.22. The Morgan fingerprint density at radius 3 is 2.57 bits per heavy atom. The van der Waals surface area contributed by atoms with Crippen LogP contribution in [0.1, 0.15) is 36.0 Å². The number of carbonyl (C=O) groups is 1. The normalized spacial score (nSPS) is 21.6. The zero-order chi connectivity index (χ0) is 15.4. The summed E-state index contributed by atoms with van der Waals surface area (Å²) in [6.45, 7) is 0. The van der Waals surface area contributed by atoms with Gasteiger partial charge in [-0.3, -0.25) is 14.9 Å². The first kappa shape index (κ1) is 15.2. The van der Waals surface area contributed by atoms with Crippen molar-refractivity contribution in [2.45, 2.75) is 37.8 Å². The molecule has 2 rings (SSSR count). The average molecular weight is 292 g/mol. The van der Waals surface area contributed by atoms with E-state index in [2.05, 4.69) is 10.6 Å². The van der Waals surface area contributed by atoms with Gasteiger partial charge >= 0.3 is 0 Å². The fraction of sp³-hybridized carbons (Fsp3) is 0.500. The molecule has 0 heterocycles. The van der Waals surface area contributed by atoms with Gasteiger partial charge in [0.15, 0.2) is 0 Å². The number of anilines is 1. The number of amides is 1. The van der Waals surface area contributed by atoms with Crippen LogP contribution in [0, 0.1) is 10.1 Å². The molecule has 1 fully saturated rings. The number of benzene rings is 1. The Kier molecular flexibility index (Phi) is 4.74.